The largest absolute Gasteiger partial charge is 0.342 e. The number of ether oxygens (including phenoxy) is 2. The third-order valence-corrected chi connectivity index (χ3v) is 9.16. The lowest BCUT2D eigenvalue weighted by Gasteiger charge is -2.31. The molecule has 7 nitrogen and oxygen atoms in total. The lowest BCUT2D eigenvalue weighted by molar-refractivity contribution is -0.155. The van der Waals surface area contributed by atoms with E-state index in [1.807, 2.05) is 5.38 Å². The molecule has 10 heteroatoms. The van der Waals surface area contributed by atoms with Gasteiger partial charge < -0.3 is 14.4 Å². The molecule has 0 N–H and O–H groups in total. The maximum Gasteiger partial charge on any atom is 0.280 e. The number of rotatable bonds is 5. The molecule has 2 aliphatic rings. The lowest BCUT2D eigenvalue weighted by Crippen LogP contribution is -2.40. The number of likely N-dealkylation sites (tertiary alicyclic amines) is 1. The van der Waals surface area contributed by atoms with E-state index in [1.54, 1.807) is 23.2 Å². The lowest BCUT2D eigenvalue weighted by atomic mass is 9.89. The average molecular weight is 545 g/mol. The number of amides is 1. The Morgan fingerprint density at radius 1 is 1.03 bits per heavy atom. The highest BCUT2D eigenvalue weighted by Crippen LogP contribution is 2.36. The van der Waals surface area contributed by atoms with Gasteiger partial charge in [-0.1, -0.05) is 0 Å². The minimum atomic E-state index is -2.66. The minimum Gasteiger partial charge on any atom is -0.342 e. The molecule has 0 bridgehead atoms. The molecule has 5 rings (SSSR count). The van der Waals surface area contributed by atoms with Gasteiger partial charge in [0.15, 0.2) is 0 Å². The van der Waals surface area contributed by atoms with Gasteiger partial charge in [-0.25, -0.2) is 13.8 Å². The van der Waals surface area contributed by atoms with Crippen LogP contribution in [-0.2, 0) is 34.0 Å². The number of nitrogens with zero attached hydrogens (tertiary/aromatic N) is 4. The van der Waals surface area contributed by atoms with Crippen LogP contribution in [0.15, 0.2) is 11.4 Å². The molecule has 0 atom stereocenters. The van der Waals surface area contributed by atoms with Crippen molar-refractivity contribution in [1.29, 1.82) is 0 Å². The standard InChI is InChI=1S/C28H34F2N4O3S/c1-15-10-24(26(29)30)34(32-15)11-25(35)33-8-6-20(7-9-33)27-31-23(14-38-27)28-36-12-21-18(4)16(2)17(3)19(5)22(21)13-37-28/h10,14,20,26,28H,6-9,11-13H2,1-5H3. The summed E-state index contributed by atoms with van der Waals surface area (Å²) in [7, 11) is 0. The van der Waals surface area contributed by atoms with Gasteiger partial charge in [-0.15, -0.1) is 11.3 Å². The van der Waals surface area contributed by atoms with Gasteiger partial charge in [0, 0.05) is 24.4 Å². The predicted octanol–water partition coefficient (Wildman–Crippen LogP) is 5.97. The summed E-state index contributed by atoms with van der Waals surface area (Å²) in [5.74, 6) is 0.0447. The summed E-state index contributed by atoms with van der Waals surface area (Å²) in [5.41, 5.74) is 8.61. The normalized spacial score (nSPS) is 17.2. The Morgan fingerprint density at radius 2 is 1.63 bits per heavy atom. The van der Waals surface area contributed by atoms with Crippen LogP contribution in [-0.4, -0.2) is 38.7 Å². The van der Waals surface area contributed by atoms with E-state index in [-0.39, 0.29) is 24.1 Å². The van der Waals surface area contributed by atoms with Crippen LogP contribution >= 0.6 is 11.3 Å². The van der Waals surface area contributed by atoms with Crippen LogP contribution in [0.25, 0.3) is 0 Å². The predicted molar refractivity (Wildman–Crippen MR) is 140 cm³/mol. The van der Waals surface area contributed by atoms with E-state index in [0.29, 0.717) is 32.0 Å². The quantitative estimate of drug-likeness (QED) is 0.396. The van der Waals surface area contributed by atoms with Crippen LogP contribution in [0.2, 0.25) is 0 Å². The maximum absolute atomic E-state index is 13.3. The van der Waals surface area contributed by atoms with Gasteiger partial charge in [-0.3, -0.25) is 9.48 Å². The van der Waals surface area contributed by atoms with Crippen LogP contribution in [0.5, 0.6) is 0 Å². The van der Waals surface area contributed by atoms with Crippen molar-refractivity contribution >= 4 is 17.2 Å². The summed E-state index contributed by atoms with van der Waals surface area (Å²) < 4.78 is 40.0. The highest BCUT2D eigenvalue weighted by molar-refractivity contribution is 7.09. The Kier molecular flexibility index (Phi) is 7.66. The van der Waals surface area contributed by atoms with Crippen LogP contribution in [0.4, 0.5) is 8.78 Å². The monoisotopic (exact) mass is 544 g/mol. The summed E-state index contributed by atoms with van der Waals surface area (Å²) in [6.45, 7) is 12.2. The van der Waals surface area contributed by atoms with Crippen molar-refractivity contribution < 1.29 is 23.0 Å². The van der Waals surface area contributed by atoms with Crippen molar-refractivity contribution in [2.24, 2.45) is 0 Å². The number of fused-ring (bicyclic) bond motifs is 1. The van der Waals surface area contributed by atoms with Gasteiger partial charge in [-0.2, -0.15) is 5.10 Å². The number of carbonyl (C=O) groups is 1. The number of benzene rings is 1. The summed E-state index contributed by atoms with van der Waals surface area (Å²) >= 11 is 1.60. The second-order valence-electron chi connectivity index (χ2n) is 10.3. The van der Waals surface area contributed by atoms with E-state index >= 15 is 0 Å². The molecule has 0 radical (unpaired) electrons. The molecular formula is C28H34F2N4O3S. The van der Waals surface area contributed by atoms with Crippen molar-refractivity contribution in [2.75, 3.05) is 13.1 Å². The topological polar surface area (TPSA) is 69.5 Å². The van der Waals surface area contributed by atoms with Crippen LogP contribution in [0, 0.1) is 34.6 Å². The second-order valence-corrected chi connectivity index (χ2v) is 11.2. The van der Waals surface area contributed by atoms with E-state index in [1.165, 1.54) is 39.4 Å². The Bertz CT molecular complexity index is 1310. The van der Waals surface area contributed by atoms with Gasteiger partial charge in [0.25, 0.3) is 6.43 Å². The van der Waals surface area contributed by atoms with Crippen molar-refractivity contribution in [3.63, 3.8) is 0 Å². The number of aromatic nitrogens is 3. The number of piperidine rings is 1. The number of alkyl halides is 2. The second kappa shape index (κ2) is 10.8. The first kappa shape index (κ1) is 26.9. The molecule has 1 aromatic carbocycles. The number of aryl methyl sites for hydroxylation is 1. The molecule has 1 amide bonds. The zero-order valence-electron chi connectivity index (χ0n) is 22.5. The van der Waals surface area contributed by atoms with Gasteiger partial charge >= 0.3 is 0 Å². The van der Waals surface area contributed by atoms with E-state index in [4.69, 9.17) is 14.5 Å². The molecule has 2 aromatic heterocycles. The first-order valence-electron chi connectivity index (χ1n) is 13.0. The molecule has 0 spiro atoms. The highest BCUT2D eigenvalue weighted by Gasteiger charge is 2.29. The Labute approximate surface area is 225 Å². The van der Waals surface area contributed by atoms with Crippen LogP contribution in [0.1, 0.15) is 86.9 Å². The molecule has 1 saturated heterocycles. The molecule has 4 heterocycles. The molecule has 0 unspecified atom stereocenters. The molecule has 0 saturated carbocycles. The molecule has 2 aliphatic heterocycles. The maximum atomic E-state index is 13.3. The number of hydrogen-bond donors (Lipinski definition) is 0. The van der Waals surface area contributed by atoms with E-state index in [0.717, 1.165) is 28.2 Å². The van der Waals surface area contributed by atoms with Gasteiger partial charge in [0.2, 0.25) is 12.2 Å². The number of carbonyl (C=O) groups excluding carboxylic acids is 1. The molecule has 1 fully saturated rings. The van der Waals surface area contributed by atoms with Gasteiger partial charge in [0.05, 0.1) is 23.9 Å². The Balaban J connectivity index is 1.20. The van der Waals surface area contributed by atoms with Crippen molar-refractivity contribution in [3.05, 3.63) is 66.9 Å². The van der Waals surface area contributed by atoms with Gasteiger partial charge in [-0.05, 0) is 86.9 Å². The smallest absolute Gasteiger partial charge is 0.280 e. The first-order valence-corrected chi connectivity index (χ1v) is 13.9. The minimum absolute atomic E-state index is 0.170. The van der Waals surface area contributed by atoms with Gasteiger partial charge in [0.1, 0.15) is 17.9 Å². The molecule has 0 aliphatic carbocycles. The van der Waals surface area contributed by atoms with Crippen molar-refractivity contribution in [2.45, 2.75) is 85.9 Å². The fourth-order valence-corrected chi connectivity index (χ4v) is 6.46. The van der Waals surface area contributed by atoms with E-state index in [2.05, 4.69) is 32.8 Å². The summed E-state index contributed by atoms with van der Waals surface area (Å²) in [6.07, 6.45) is -1.64. The number of hydrogen-bond acceptors (Lipinski definition) is 6. The number of halogens is 2. The Morgan fingerprint density at radius 3 is 2.21 bits per heavy atom. The zero-order valence-corrected chi connectivity index (χ0v) is 23.3. The summed E-state index contributed by atoms with van der Waals surface area (Å²) in [5, 5.41) is 7.10. The molecular weight excluding hydrogens is 510 g/mol. The van der Waals surface area contributed by atoms with Crippen molar-refractivity contribution in [1.82, 2.24) is 19.7 Å². The first-order chi connectivity index (χ1) is 18.1. The average Bonchev–Trinajstić information content (AvgIpc) is 3.47. The Hall–Kier alpha value is -2.69. The molecule has 3 aromatic rings. The molecule has 204 valence electrons. The highest BCUT2D eigenvalue weighted by atomic mass is 32.1. The van der Waals surface area contributed by atoms with Crippen molar-refractivity contribution in [3.8, 4) is 0 Å². The third-order valence-electron chi connectivity index (χ3n) is 8.14. The van der Waals surface area contributed by atoms with Crippen LogP contribution in [0.3, 0.4) is 0 Å². The third kappa shape index (κ3) is 5.13. The fraction of sp³-hybridized carbons (Fsp3) is 0.536. The zero-order chi connectivity index (χ0) is 27.1. The summed E-state index contributed by atoms with van der Waals surface area (Å²) in [4.78, 5) is 19.4. The van der Waals surface area contributed by atoms with Crippen LogP contribution < -0.4 is 0 Å². The number of thiazole rings is 1. The molecule has 38 heavy (non-hydrogen) atoms. The van der Waals surface area contributed by atoms with E-state index < -0.39 is 12.7 Å². The SMILES string of the molecule is Cc1cc(C(F)F)n(CC(=O)N2CCC(c3nc(C4OCc5c(C)c(C)c(C)c(C)c5CO4)cs3)CC2)n1. The summed E-state index contributed by atoms with van der Waals surface area (Å²) in [6, 6.07) is 1.33. The fourth-order valence-electron chi connectivity index (χ4n) is 5.46. The van der Waals surface area contributed by atoms with E-state index in [9.17, 15) is 13.6 Å².